The first-order valence-electron chi connectivity index (χ1n) is 5.57. The van der Waals surface area contributed by atoms with Gasteiger partial charge in [-0.2, -0.15) is 0 Å². The normalized spacial score (nSPS) is 12.1. The van der Waals surface area contributed by atoms with Gasteiger partial charge in [-0.15, -0.1) is 0 Å². The Labute approximate surface area is 101 Å². The second kappa shape index (κ2) is 3.36. The van der Waals surface area contributed by atoms with Gasteiger partial charge in [0.25, 0.3) is 0 Å². The molecule has 0 heterocycles. The SMILES string of the molecule is C=C(N)c1cccc2c1-c1ccccc1C2=C. The topological polar surface area (TPSA) is 26.0 Å². The summed E-state index contributed by atoms with van der Waals surface area (Å²) < 4.78 is 0. The Kier molecular flexibility index (Phi) is 1.96. The highest BCUT2D eigenvalue weighted by molar-refractivity contribution is 6.03. The lowest BCUT2D eigenvalue weighted by atomic mass is 9.98. The number of hydrogen-bond donors (Lipinski definition) is 1. The molecule has 0 aliphatic heterocycles. The Morgan fingerprint density at radius 1 is 0.882 bits per heavy atom. The monoisotopic (exact) mass is 219 g/mol. The highest BCUT2D eigenvalue weighted by Gasteiger charge is 2.23. The van der Waals surface area contributed by atoms with Crippen molar-refractivity contribution in [2.75, 3.05) is 0 Å². The van der Waals surface area contributed by atoms with E-state index >= 15 is 0 Å². The summed E-state index contributed by atoms with van der Waals surface area (Å²) in [6.07, 6.45) is 0. The van der Waals surface area contributed by atoms with Gasteiger partial charge in [0.2, 0.25) is 0 Å². The van der Waals surface area contributed by atoms with E-state index in [0.717, 1.165) is 16.7 Å². The highest BCUT2D eigenvalue weighted by atomic mass is 14.6. The molecule has 2 aromatic carbocycles. The molecule has 0 fully saturated rings. The van der Waals surface area contributed by atoms with Crippen LogP contribution < -0.4 is 5.73 Å². The maximum atomic E-state index is 5.87. The van der Waals surface area contributed by atoms with Crippen molar-refractivity contribution in [2.24, 2.45) is 5.73 Å². The smallest absolute Gasteiger partial charge is 0.0321 e. The van der Waals surface area contributed by atoms with Crippen molar-refractivity contribution in [2.45, 2.75) is 0 Å². The van der Waals surface area contributed by atoms with Crippen LogP contribution in [0.1, 0.15) is 16.7 Å². The molecule has 1 aliphatic carbocycles. The maximum Gasteiger partial charge on any atom is 0.0321 e. The fraction of sp³-hybridized carbons (Fsp3) is 0. The molecule has 0 aromatic heterocycles. The molecule has 0 radical (unpaired) electrons. The molecule has 0 saturated heterocycles. The fourth-order valence-electron chi connectivity index (χ4n) is 2.47. The van der Waals surface area contributed by atoms with Gasteiger partial charge in [-0.3, -0.25) is 0 Å². The summed E-state index contributed by atoms with van der Waals surface area (Å²) in [4.78, 5) is 0. The second-order valence-electron chi connectivity index (χ2n) is 4.28. The van der Waals surface area contributed by atoms with Crippen LogP contribution in [0.2, 0.25) is 0 Å². The summed E-state index contributed by atoms with van der Waals surface area (Å²) in [5, 5.41) is 0. The first-order chi connectivity index (χ1) is 8.20. The van der Waals surface area contributed by atoms with Crippen LogP contribution in [0.5, 0.6) is 0 Å². The predicted molar refractivity (Wildman–Crippen MR) is 73.2 cm³/mol. The van der Waals surface area contributed by atoms with E-state index in [2.05, 4.69) is 31.4 Å². The van der Waals surface area contributed by atoms with Crippen molar-refractivity contribution in [1.82, 2.24) is 0 Å². The van der Waals surface area contributed by atoms with Gasteiger partial charge < -0.3 is 5.73 Å². The highest BCUT2D eigenvalue weighted by Crippen LogP contribution is 2.45. The van der Waals surface area contributed by atoms with Crippen LogP contribution in [0.3, 0.4) is 0 Å². The molecule has 2 aromatic rings. The molecular formula is C16H13N. The number of hydrogen-bond acceptors (Lipinski definition) is 1. The number of fused-ring (bicyclic) bond motifs is 3. The van der Waals surface area contributed by atoms with Crippen molar-refractivity contribution in [3.8, 4) is 11.1 Å². The summed E-state index contributed by atoms with van der Waals surface area (Å²) in [7, 11) is 0. The minimum Gasteiger partial charge on any atom is -0.399 e. The van der Waals surface area contributed by atoms with Crippen molar-refractivity contribution in [1.29, 1.82) is 0 Å². The molecule has 2 N–H and O–H groups in total. The quantitative estimate of drug-likeness (QED) is 0.664. The van der Waals surface area contributed by atoms with E-state index in [1.807, 2.05) is 24.3 Å². The molecular weight excluding hydrogens is 206 g/mol. The van der Waals surface area contributed by atoms with Gasteiger partial charge in [-0.05, 0) is 27.8 Å². The van der Waals surface area contributed by atoms with Gasteiger partial charge in [0, 0.05) is 11.3 Å². The summed E-state index contributed by atoms with van der Waals surface area (Å²) in [5.41, 5.74) is 13.3. The van der Waals surface area contributed by atoms with Gasteiger partial charge in [0.05, 0.1) is 0 Å². The summed E-state index contributed by atoms with van der Waals surface area (Å²) in [6, 6.07) is 14.4. The van der Waals surface area contributed by atoms with Crippen LogP contribution in [0.15, 0.2) is 55.6 Å². The third kappa shape index (κ3) is 1.26. The number of nitrogens with two attached hydrogens (primary N) is 1. The summed E-state index contributed by atoms with van der Waals surface area (Å²) in [6.45, 7) is 8.02. The van der Waals surface area contributed by atoms with Gasteiger partial charge >= 0.3 is 0 Å². The lowest BCUT2D eigenvalue weighted by Crippen LogP contribution is -1.96. The largest absolute Gasteiger partial charge is 0.399 e. The molecule has 0 spiro atoms. The van der Waals surface area contributed by atoms with Crippen LogP contribution >= 0.6 is 0 Å². The Hall–Kier alpha value is -2.28. The van der Waals surface area contributed by atoms with E-state index in [1.54, 1.807) is 0 Å². The van der Waals surface area contributed by atoms with Crippen LogP contribution in [0, 0.1) is 0 Å². The van der Waals surface area contributed by atoms with E-state index < -0.39 is 0 Å². The number of benzene rings is 2. The molecule has 0 amide bonds. The number of rotatable bonds is 1. The van der Waals surface area contributed by atoms with E-state index in [1.165, 1.54) is 16.7 Å². The second-order valence-corrected chi connectivity index (χ2v) is 4.28. The molecule has 82 valence electrons. The standard InChI is InChI=1S/C16H13N/c1-10-12-6-3-4-7-15(12)16-13(10)8-5-9-14(16)11(2)17/h3-9H,1-2,17H2. The lowest BCUT2D eigenvalue weighted by Gasteiger charge is -2.08. The van der Waals surface area contributed by atoms with Crippen molar-refractivity contribution >= 4 is 11.3 Å². The van der Waals surface area contributed by atoms with Gasteiger partial charge in [0.1, 0.15) is 0 Å². The Morgan fingerprint density at radius 2 is 1.53 bits per heavy atom. The zero-order valence-corrected chi connectivity index (χ0v) is 9.53. The first-order valence-corrected chi connectivity index (χ1v) is 5.57. The maximum absolute atomic E-state index is 5.87. The van der Waals surface area contributed by atoms with Crippen molar-refractivity contribution in [3.05, 3.63) is 72.3 Å². The first kappa shape index (κ1) is 9.91. The molecule has 1 nitrogen and oxygen atoms in total. The van der Waals surface area contributed by atoms with Gasteiger partial charge in [-0.25, -0.2) is 0 Å². The molecule has 1 aliphatic rings. The zero-order chi connectivity index (χ0) is 12.0. The third-order valence-electron chi connectivity index (χ3n) is 3.26. The molecule has 0 bridgehead atoms. The average Bonchev–Trinajstić information content (AvgIpc) is 2.64. The van der Waals surface area contributed by atoms with Gasteiger partial charge in [0.15, 0.2) is 0 Å². The average molecular weight is 219 g/mol. The molecule has 0 atom stereocenters. The van der Waals surface area contributed by atoms with Crippen LogP contribution in [0.25, 0.3) is 22.4 Å². The van der Waals surface area contributed by atoms with Gasteiger partial charge in [-0.1, -0.05) is 55.6 Å². The zero-order valence-electron chi connectivity index (χ0n) is 9.53. The van der Waals surface area contributed by atoms with E-state index in [9.17, 15) is 0 Å². The Bertz CT molecular complexity index is 650. The summed E-state index contributed by atoms with van der Waals surface area (Å²) >= 11 is 0. The predicted octanol–water partition coefficient (Wildman–Crippen LogP) is 3.66. The molecule has 1 heteroatoms. The van der Waals surface area contributed by atoms with Crippen LogP contribution in [0.4, 0.5) is 0 Å². The van der Waals surface area contributed by atoms with Crippen LogP contribution in [-0.4, -0.2) is 0 Å². The van der Waals surface area contributed by atoms with E-state index in [-0.39, 0.29) is 0 Å². The minimum atomic E-state index is 0.603. The Morgan fingerprint density at radius 3 is 2.24 bits per heavy atom. The third-order valence-corrected chi connectivity index (χ3v) is 3.26. The lowest BCUT2D eigenvalue weighted by molar-refractivity contribution is 1.52. The van der Waals surface area contributed by atoms with E-state index in [0.29, 0.717) is 5.70 Å². The minimum absolute atomic E-state index is 0.603. The summed E-state index contributed by atoms with van der Waals surface area (Å²) in [5.74, 6) is 0. The molecule has 3 rings (SSSR count). The molecule has 0 unspecified atom stereocenters. The molecule has 0 saturated carbocycles. The van der Waals surface area contributed by atoms with Crippen molar-refractivity contribution < 1.29 is 0 Å². The fourth-order valence-corrected chi connectivity index (χ4v) is 2.47. The van der Waals surface area contributed by atoms with Crippen molar-refractivity contribution in [3.63, 3.8) is 0 Å². The Balaban J connectivity index is 2.42. The molecule has 17 heavy (non-hydrogen) atoms. The van der Waals surface area contributed by atoms with E-state index in [4.69, 9.17) is 5.73 Å². The van der Waals surface area contributed by atoms with Crippen LogP contribution in [-0.2, 0) is 0 Å².